The van der Waals surface area contributed by atoms with Gasteiger partial charge in [-0.2, -0.15) is 0 Å². The number of nitrogens with zero attached hydrogens (tertiary/aromatic N) is 2. The lowest BCUT2D eigenvalue weighted by molar-refractivity contribution is 0.453. The minimum Gasteiger partial charge on any atom is -0.384 e. The van der Waals surface area contributed by atoms with Crippen LogP contribution >= 0.6 is 0 Å². The van der Waals surface area contributed by atoms with Crippen molar-refractivity contribution in [2.45, 2.75) is 24.7 Å². The predicted octanol–water partition coefficient (Wildman–Crippen LogP) is 1.54. The van der Waals surface area contributed by atoms with E-state index in [1.165, 1.54) is 10.5 Å². The molecule has 0 amide bonds. The molecule has 1 heterocycles. The number of aromatic nitrogens is 1. The van der Waals surface area contributed by atoms with Crippen LogP contribution in [0.5, 0.6) is 0 Å². The second-order valence-electron chi connectivity index (χ2n) is 4.63. The van der Waals surface area contributed by atoms with Crippen LogP contribution in [0.3, 0.4) is 0 Å². The summed E-state index contributed by atoms with van der Waals surface area (Å²) in [7, 11) is -1.80. The largest absolute Gasteiger partial charge is 0.384 e. The molecular weight excluding hydrogens is 250 g/mol. The molecular formula is C12H19N3O2S. The third kappa shape index (κ3) is 2.81. The van der Waals surface area contributed by atoms with Crippen molar-refractivity contribution in [3.05, 3.63) is 18.5 Å². The van der Waals surface area contributed by atoms with Crippen molar-refractivity contribution in [3.8, 4) is 0 Å². The minimum atomic E-state index is -3.44. The van der Waals surface area contributed by atoms with Crippen LogP contribution in [0.15, 0.2) is 23.4 Å². The molecule has 0 spiro atoms. The highest BCUT2D eigenvalue weighted by atomic mass is 32.2. The van der Waals surface area contributed by atoms with E-state index in [0.29, 0.717) is 24.7 Å². The van der Waals surface area contributed by atoms with Crippen LogP contribution < -0.4 is 5.32 Å². The van der Waals surface area contributed by atoms with Crippen molar-refractivity contribution in [2.75, 3.05) is 25.5 Å². The quantitative estimate of drug-likeness (QED) is 0.851. The number of anilines is 1. The fourth-order valence-corrected chi connectivity index (χ4v) is 3.21. The number of hydrogen-bond donors (Lipinski definition) is 1. The summed E-state index contributed by atoms with van der Waals surface area (Å²) in [6.07, 6.45) is 5.27. The van der Waals surface area contributed by atoms with Gasteiger partial charge in [-0.05, 0) is 31.7 Å². The number of pyridine rings is 1. The van der Waals surface area contributed by atoms with Crippen LogP contribution in [-0.2, 0) is 10.0 Å². The Labute approximate surface area is 108 Å². The lowest BCUT2D eigenvalue weighted by Gasteiger charge is -2.18. The van der Waals surface area contributed by atoms with Crippen LogP contribution in [0.2, 0.25) is 0 Å². The Hall–Kier alpha value is -1.14. The molecule has 1 aromatic heterocycles. The van der Waals surface area contributed by atoms with E-state index in [4.69, 9.17) is 0 Å². The van der Waals surface area contributed by atoms with Gasteiger partial charge in [-0.3, -0.25) is 4.98 Å². The van der Waals surface area contributed by atoms with Crippen LogP contribution in [0.1, 0.15) is 19.8 Å². The van der Waals surface area contributed by atoms with E-state index >= 15 is 0 Å². The van der Waals surface area contributed by atoms with E-state index in [1.807, 2.05) is 6.92 Å². The molecule has 6 heteroatoms. The zero-order chi connectivity index (χ0) is 13.2. The monoisotopic (exact) mass is 269 g/mol. The Kier molecular flexibility index (Phi) is 3.87. The zero-order valence-corrected chi connectivity index (χ0v) is 11.6. The molecule has 0 bridgehead atoms. The van der Waals surface area contributed by atoms with E-state index in [9.17, 15) is 8.42 Å². The Morgan fingerprint density at radius 2 is 2.22 bits per heavy atom. The van der Waals surface area contributed by atoms with Gasteiger partial charge in [0.15, 0.2) is 0 Å². The van der Waals surface area contributed by atoms with E-state index in [0.717, 1.165) is 12.8 Å². The average Bonchev–Trinajstić information content (AvgIpc) is 3.14. The first-order valence-corrected chi connectivity index (χ1v) is 7.64. The highest BCUT2D eigenvalue weighted by Crippen LogP contribution is 2.31. The van der Waals surface area contributed by atoms with Crippen LogP contribution in [-0.4, -0.2) is 37.8 Å². The number of rotatable bonds is 6. The summed E-state index contributed by atoms with van der Waals surface area (Å²) in [6.45, 7) is 3.21. The van der Waals surface area contributed by atoms with Crippen LogP contribution in [0.4, 0.5) is 5.69 Å². The zero-order valence-electron chi connectivity index (χ0n) is 10.8. The lowest BCUT2D eigenvalue weighted by atomic mass is 10.4. The molecule has 0 atom stereocenters. The molecule has 100 valence electrons. The Bertz CT molecular complexity index is 512. The standard InChI is InChI=1S/C12H19N3O2S/c1-3-14-11-6-7-13-8-12(11)18(16,17)15(2)9-10-4-5-10/h6-8,10H,3-5,9H2,1-2H3,(H,13,14). The summed E-state index contributed by atoms with van der Waals surface area (Å²) in [5.74, 6) is 0.532. The van der Waals surface area contributed by atoms with Gasteiger partial charge in [0.1, 0.15) is 4.90 Å². The van der Waals surface area contributed by atoms with Crippen molar-refractivity contribution < 1.29 is 8.42 Å². The molecule has 1 saturated carbocycles. The van der Waals surface area contributed by atoms with Gasteiger partial charge in [0.2, 0.25) is 10.0 Å². The summed E-state index contributed by atoms with van der Waals surface area (Å²) < 4.78 is 26.3. The van der Waals surface area contributed by atoms with Crippen LogP contribution in [0, 0.1) is 5.92 Å². The lowest BCUT2D eigenvalue weighted by Crippen LogP contribution is -2.29. The number of hydrogen-bond acceptors (Lipinski definition) is 4. The van der Waals surface area contributed by atoms with E-state index < -0.39 is 10.0 Å². The molecule has 1 N–H and O–H groups in total. The molecule has 1 aliphatic carbocycles. The molecule has 1 fully saturated rings. The van der Waals surface area contributed by atoms with Gasteiger partial charge in [0, 0.05) is 32.5 Å². The van der Waals surface area contributed by atoms with Crippen molar-refractivity contribution in [2.24, 2.45) is 5.92 Å². The van der Waals surface area contributed by atoms with Gasteiger partial charge in [-0.1, -0.05) is 0 Å². The van der Waals surface area contributed by atoms with Gasteiger partial charge in [0.05, 0.1) is 5.69 Å². The molecule has 0 saturated heterocycles. The first-order chi connectivity index (χ1) is 8.55. The summed E-state index contributed by atoms with van der Waals surface area (Å²) in [4.78, 5) is 4.18. The Morgan fingerprint density at radius 1 is 1.50 bits per heavy atom. The predicted molar refractivity (Wildman–Crippen MR) is 70.9 cm³/mol. The molecule has 2 rings (SSSR count). The highest BCUT2D eigenvalue weighted by molar-refractivity contribution is 7.89. The second kappa shape index (κ2) is 5.24. The average molecular weight is 269 g/mol. The maximum Gasteiger partial charge on any atom is 0.246 e. The number of nitrogens with one attached hydrogen (secondary N) is 1. The van der Waals surface area contributed by atoms with Gasteiger partial charge in [-0.25, -0.2) is 12.7 Å². The maximum absolute atomic E-state index is 12.4. The summed E-state index contributed by atoms with van der Waals surface area (Å²) >= 11 is 0. The minimum absolute atomic E-state index is 0.259. The molecule has 0 radical (unpaired) electrons. The van der Waals surface area contributed by atoms with Crippen LogP contribution in [0.25, 0.3) is 0 Å². The molecule has 0 aromatic carbocycles. The van der Waals surface area contributed by atoms with Crippen molar-refractivity contribution in [1.82, 2.24) is 9.29 Å². The molecule has 0 unspecified atom stereocenters. The Balaban J connectivity index is 2.27. The van der Waals surface area contributed by atoms with E-state index in [-0.39, 0.29) is 4.90 Å². The van der Waals surface area contributed by atoms with Crippen molar-refractivity contribution in [3.63, 3.8) is 0 Å². The van der Waals surface area contributed by atoms with Crippen molar-refractivity contribution >= 4 is 15.7 Å². The summed E-state index contributed by atoms with van der Waals surface area (Å²) in [6, 6.07) is 1.70. The summed E-state index contributed by atoms with van der Waals surface area (Å²) in [5.41, 5.74) is 0.621. The molecule has 0 aliphatic heterocycles. The number of sulfonamides is 1. The first kappa shape index (κ1) is 13.3. The fourth-order valence-electron chi connectivity index (χ4n) is 1.85. The van der Waals surface area contributed by atoms with Crippen molar-refractivity contribution in [1.29, 1.82) is 0 Å². The topological polar surface area (TPSA) is 62.3 Å². The second-order valence-corrected chi connectivity index (χ2v) is 6.64. The molecule has 1 aliphatic rings. The SMILES string of the molecule is CCNc1ccncc1S(=O)(=O)N(C)CC1CC1. The maximum atomic E-state index is 12.4. The molecule has 18 heavy (non-hydrogen) atoms. The third-order valence-electron chi connectivity index (χ3n) is 3.05. The van der Waals surface area contributed by atoms with Gasteiger partial charge < -0.3 is 5.32 Å². The third-order valence-corrected chi connectivity index (χ3v) is 4.90. The molecule has 1 aromatic rings. The van der Waals surface area contributed by atoms with E-state index in [2.05, 4.69) is 10.3 Å². The Morgan fingerprint density at radius 3 is 2.83 bits per heavy atom. The highest BCUT2D eigenvalue weighted by Gasteiger charge is 2.30. The van der Waals surface area contributed by atoms with Gasteiger partial charge in [-0.15, -0.1) is 0 Å². The summed E-state index contributed by atoms with van der Waals surface area (Å²) in [5, 5.41) is 3.06. The normalized spacial score (nSPS) is 15.9. The van der Waals surface area contributed by atoms with Gasteiger partial charge >= 0.3 is 0 Å². The van der Waals surface area contributed by atoms with E-state index in [1.54, 1.807) is 19.3 Å². The molecule has 5 nitrogen and oxygen atoms in total. The fraction of sp³-hybridized carbons (Fsp3) is 0.583. The smallest absolute Gasteiger partial charge is 0.246 e. The first-order valence-electron chi connectivity index (χ1n) is 6.20. The van der Waals surface area contributed by atoms with Gasteiger partial charge in [0.25, 0.3) is 0 Å².